The third-order valence-electron chi connectivity index (χ3n) is 2.92. The van der Waals surface area contributed by atoms with Gasteiger partial charge in [-0.05, 0) is 25.2 Å². The third kappa shape index (κ3) is 3.22. The van der Waals surface area contributed by atoms with Crippen molar-refractivity contribution in [3.63, 3.8) is 0 Å². The molecule has 0 amide bonds. The van der Waals surface area contributed by atoms with E-state index in [1.807, 2.05) is 17.8 Å². The molecule has 1 aliphatic rings. The first kappa shape index (κ1) is 11.9. The summed E-state index contributed by atoms with van der Waals surface area (Å²) in [5.41, 5.74) is 1.12. The van der Waals surface area contributed by atoms with Crippen molar-refractivity contribution in [1.82, 2.24) is 15.1 Å². The monoisotopic (exact) mass is 241 g/mol. The molecule has 0 spiro atoms. The fourth-order valence-electron chi connectivity index (χ4n) is 1.78. The van der Waals surface area contributed by atoms with Crippen LogP contribution in [0.25, 0.3) is 0 Å². The summed E-state index contributed by atoms with van der Waals surface area (Å²) >= 11 is 6.00. The lowest BCUT2D eigenvalue weighted by Gasteiger charge is -2.25. The molecule has 0 radical (unpaired) electrons. The predicted molar refractivity (Wildman–Crippen MR) is 66.8 cm³/mol. The van der Waals surface area contributed by atoms with Crippen LogP contribution >= 0.6 is 11.6 Å². The van der Waals surface area contributed by atoms with Gasteiger partial charge in [0.15, 0.2) is 0 Å². The molecule has 3 nitrogen and oxygen atoms in total. The van der Waals surface area contributed by atoms with E-state index in [2.05, 4.69) is 24.3 Å². The van der Waals surface area contributed by atoms with Crippen LogP contribution in [0.3, 0.4) is 0 Å². The van der Waals surface area contributed by atoms with E-state index in [4.69, 9.17) is 11.6 Å². The average Bonchev–Trinajstić information content (AvgIpc) is 2.92. The third-order valence-corrected chi connectivity index (χ3v) is 3.29. The Kier molecular flexibility index (Phi) is 3.27. The smallest absolute Gasteiger partial charge is 0.0814 e. The van der Waals surface area contributed by atoms with E-state index in [1.54, 1.807) is 0 Å². The van der Waals surface area contributed by atoms with Crippen LogP contribution in [0, 0.1) is 12.3 Å². The largest absolute Gasteiger partial charge is 0.313 e. The molecule has 1 saturated carbocycles. The van der Waals surface area contributed by atoms with Crippen molar-refractivity contribution in [2.75, 3.05) is 6.54 Å². The first-order valence-electron chi connectivity index (χ1n) is 5.89. The highest BCUT2D eigenvalue weighted by molar-refractivity contribution is 6.31. The second-order valence-electron chi connectivity index (χ2n) is 5.58. The van der Waals surface area contributed by atoms with Crippen LogP contribution in [0.5, 0.6) is 0 Å². The number of nitrogens with one attached hydrogen (secondary N) is 1. The predicted octanol–water partition coefficient (Wildman–Crippen LogP) is 2.62. The summed E-state index contributed by atoms with van der Waals surface area (Å²) in [7, 11) is 0. The van der Waals surface area contributed by atoms with Crippen molar-refractivity contribution in [3.05, 3.63) is 16.9 Å². The zero-order valence-corrected chi connectivity index (χ0v) is 11.0. The van der Waals surface area contributed by atoms with Crippen LogP contribution in [-0.2, 0) is 6.54 Å². The molecule has 0 bridgehead atoms. The van der Waals surface area contributed by atoms with Crippen LogP contribution in [0.4, 0.5) is 0 Å². The van der Waals surface area contributed by atoms with Crippen LogP contribution in [0.1, 0.15) is 32.4 Å². The molecular weight excluding hydrogens is 222 g/mol. The van der Waals surface area contributed by atoms with E-state index < -0.39 is 0 Å². The molecule has 1 N–H and O–H groups in total. The van der Waals surface area contributed by atoms with Crippen molar-refractivity contribution in [3.8, 4) is 0 Å². The summed E-state index contributed by atoms with van der Waals surface area (Å²) in [4.78, 5) is 0. The summed E-state index contributed by atoms with van der Waals surface area (Å²) in [6.07, 6.45) is 4.58. The van der Waals surface area contributed by atoms with Gasteiger partial charge in [0.1, 0.15) is 0 Å². The van der Waals surface area contributed by atoms with Crippen molar-refractivity contribution < 1.29 is 0 Å². The molecule has 0 unspecified atom stereocenters. The number of hydrogen-bond donors (Lipinski definition) is 1. The number of nitrogens with zero attached hydrogens (tertiary/aromatic N) is 2. The van der Waals surface area contributed by atoms with Gasteiger partial charge in [0, 0.05) is 25.3 Å². The van der Waals surface area contributed by atoms with Crippen molar-refractivity contribution in [2.45, 2.75) is 46.2 Å². The lowest BCUT2D eigenvalue weighted by molar-refractivity contribution is 0.275. The van der Waals surface area contributed by atoms with E-state index >= 15 is 0 Å². The summed E-state index contributed by atoms with van der Waals surface area (Å²) in [5.74, 6) is 0. The number of aromatic nitrogens is 2. The molecule has 1 aliphatic carbocycles. The maximum absolute atomic E-state index is 6.00. The highest BCUT2D eigenvalue weighted by atomic mass is 35.5. The molecule has 90 valence electrons. The number of rotatable bonds is 5. The van der Waals surface area contributed by atoms with Crippen LogP contribution in [-0.4, -0.2) is 22.4 Å². The standard InChI is InChI=1S/C12H20ClN3/c1-9-11(13)6-16(15-9)8-12(2,3)7-14-10-4-5-10/h6,10,14H,4-5,7-8H2,1-3H3. The number of halogens is 1. The first-order chi connectivity index (χ1) is 7.46. The maximum Gasteiger partial charge on any atom is 0.0814 e. The van der Waals surface area contributed by atoms with Gasteiger partial charge in [-0.15, -0.1) is 0 Å². The molecule has 16 heavy (non-hydrogen) atoms. The van der Waals surface area contributed by atoms with E-state index in [9.17, 15) is 0 Å². The lowest BCUT2D eigenvalue weighted by atomic mass is 9.93. The molecule has 0 aliphatic heterocycles. The van der Waals surface area contributed by atoms with E-state index in [0.29, 0.717) is 0 Å². The molecule has 2 rings (SSSR count). The second-order valence-corrected chi connectivity index (χ2v) is 5.99. The summed E-state index contributed by atoms with van der Waals surface area (Å²) < 4.78 is 1.95. The SMILES string of the molecule is Cc1nn(CC(C)(C)CNC2CC2)cc1Cl. The van der Waals surface area contributed by atoms with Crippen LogP contribution in [0.2, 0.25) is 5.02 Å². The van der Waals surface area contributed by atoms with Crippen molar-refractivity contribution in [1.29, 1.82) is 0 Å². The molecule has 1 fully saturated rings. The minimum Gasteiger partial charge on any atom is -0.313 e. The van der Waals surface area contributed by atoms with Gasteiger partial charge in [-0.3, -0.25) is 4.68 Å². The normalized spacial score (nSPS) is 16.8. The van der Waals surface area contributed by atoms with Gasteiger partial charge in [-0.25, -0.2) is 0 Å². The Balaban J connectivity index is 1.90. The molecule has 4 heteroatoms. The van der Waals surface area contributed by atoms with Gasteiger partial charge < -0.3 is 5.32 Å². The van der Waals surface area contributed by atoms with Gasteiger partial charge in [0.05, 0.1) is 10.7 Å². The van der Waals surface area contributed by atoms with Gasteiger partial charge in [0.25, 0.3) is 0 Å². The van der Waals surface area contributed by atoms with Crippen LogP contribution < -0.4 is 5.32 Å². The Hall–Kier alpha value is -0.540. The number of hydrogen-bond acceptors (Lipinski definition) is 2. The maximum atomic E-state index is 6.00. The Labute approximate surface area is 102 Å². The lowest BCUT2D eigenvalue weighted by Crippen LogP contribution is -2.34. The molecule has 0 atom stereocenters. The minimum absolute atomic E-state index is 0.213. The van der Waals surface area contributed by atoms with Crippen LogP contribution in [0.15, 0.2) is 6.20 Å². The number of aryl methyl sites for hydroxylation is 1. The van der Waals surface area contributed by atoms with Gasteiger partial charge in [-0.1, -0.05) is 25.4 Å². The summed E-state index contributed by atoms with van der Waals surface area (Å²) in [5, 5.41) is 8.72. The second kappa shape index (κ2) is 4.38. The zero-order chi connectivity index (χ0) is 11.8. The highest BCUT2D eigenvalue weighted by Crippen LogP contribution is 2.23. The van der Waals surface area contributed by atoms with E-state index in [1.165, 1.54) is 12.8 Å². The summed E-state index contributed by atoms with van der Waals surface area (Å²) in [6.45, 7) is 8.39. The molecule has 1 heterocycles. The fourth-order valence-corrected chi connectivity index (χ4v) is 1.93. The minimum atomic E-state index is 0.213. The Morgan fingerprint density at radius 2 is 2.25 bits per heavy atom. The Morgan fingerprint density at radius 3 is 2.75 bits per heavy atom. The molecule has 0 saturated heterocycles. The molecule has 1 aromatic rings. The average molecular weight is 242 g/mol. The van der Waals surface area contributed by atoms with E-state index in [0.717, 1.165) is 29.8 Å². The topological polar surface area (TPSA) is 29.9 Å². The van der Waals surface area contributed by atoms with Crippen molar-refractivity contribution in [2.24, 2.45) is 5.41 Å². The summed E-state index contributed by atoms with van der Waals surface area (Å²) in [6, 6.07) is 0.766. The molecule has 1 aromatic heterocycles. The van der Waals surface area contributed by atoms with Gasteiger partial charge in [0.2, 0.25) is 0 Å². The Bertz CT molecular complexity index is 347. The van der Waals surface area contributed by atoms with Crippen molar-refractivity contribution >= 4 is 11.6 Å². The highest BCUT2D eigenvalue weighted by Gasteiger charge is 2.25. The first-order valence-corrected chi connectivity index (χ1v) is 6.27. The quantitative estimate of drug-likeness (QED) is 0.859. The van der Waals surface area contributed by atoms with Gasteiger partial charge in [-0.2, -0.15) is 5.10 Å². The fraction of sp³-hybridized carbons (Fsp3) is 0.750. The van der Waals surface area contributed by atoms with E-state index in [-0.39, 0.29) is 5.41 Å². The molecular formula is C12H20ClN3. The zero-order valence-electron chi connectivity index (χ0n) is 10.3. The molecule has 0 aromatic carbocycles. The van der Waals surface area contributed by atoms with Gasteiger partial charge >= 0.3 is 0 Å². The Morgan fingerprint density at radius 1 is 1.56 bits per heavy atom.